The van der Waals surface area contributed by atoms with Crippen molar-refractivity contribution in [2.45, 2.75) is 51.5 Å². The van der Waals surface area contributed by atoms with E-state index in [0.29, 0.717) is 5.02 Å². The molecule has 1 N–H and O–H groups in total. The molecule has 1 saturated carbocycles. The Balaban J connectivity index is 2.17. The number of rotatable bonds is 4. The number of halogens is 1. The first kappa shape index (κ1) is 18.5. The summed E-state index contributed by atoms with van der Waals surface area (Å²) in [6, 6.07) is 3.62. The van der Waals surface area contributed by atoms with Crippen LogP contribution in [0.15, 0.2) is 12.1 Å². The van der Waals surface area contributed by atoms with Crippen molar-refractivity contribution in [1.29, 1.82) is 0 Å². The van der Waals surface area contributed by atoms with Crippen molar-refractivity contribution < 1.29 is 19.1 Å². The van der Waals surface area contributed by atoms with Crippen molar-refractivity contribution in [1.82, 2.24) is 5.32 Å². The molecule has 130 valence electrons. The summed E-state index contributed by atoms with van der Waals surface area (Å²) in [7, 11) is 1.29. The normalized spacial score (nSPS) is 16.6. The van der Waals surface area contributed by atoms with E-state index in [1.807, 2.05) is 26.0 Å². The number of benzene rings is 1. The van der Waals surface area contributed by atoms with E-state index in [0.717, 1.165) is 16.7 Å². The number of hydrogen-bond acceptors (Lipinski definition) is 4. The van der Waals surface area contributed by atoms with E-state index in [4.69, 9.17) is 16.3 Å². The maximum absolute atomic E-state index is 12.5. The molecule has 5 nitrogen and oxygen atoms in total. The predicted octanol–water partition coefficient (Wildman–Crippen LogP) is 2.67. The number of carbonyl (C=O) groups excluding carboxylic acids is 3. The van der Waals surface area contributed by atoms with Gasteiger partial charge >= 0.3 is 5.97 Å². The van der Waals surface area contributed by atoms with E-state index < -0.39 is 11.5 Å². The molecule has 1 aromatic rings. The molecule has 24 heavy (non-hydrogen) atoms. The second-order valence-electron chi connectivity index (χ2n) is 6.36. The van der Waals surface area contributed by atoms with Crippen LogP contribution in [-0.4, -0.2) is 30.3 Å². The van der Waals surface area contributed by atoms with Gasteiger partial charge < -0.3 is 10.1 Å². The summed E-state index contributed by atoms with van der Waals surface area (Å²) < 4.78 is 4.86. The molecule has 0 unspecified atom stereocenters. The monoisotopic (exact) mass is 351 g/mol. The van der Waals surface area contributed by atoms with E-state index in [-0.39, 0.29) is 43.8 Å². The zero-order valence-corrected chi connectivity index (χ0v) is 15.0. The number of hydrogen-bond donors (Lipinski definition) is 1. The van der Waals surface area contributed by atoms with Crippen molar-refractivity contribution in [2.75, 3.05) is 7.11 Å². The molecule has 6 heteroatoms. The minimum atomic E-state index is -1.10. The molecule has 0 saturated heterocycles. The fraction of sp³-hybridized carbons (Fsp3) is 0.500. The third kappa shape index (κ3) is 3.96. The van der Waals surface area contributed by atoms with Crippen LogP contribution in [0.4, 0.5) is 0 Å². The van der Waals surface area contributed by atoms with Gasteiger partial charge in [0.1, 0.15) is 11.3 Å². The molecule has 0 aliphatic heterocycles. The Hall–Kier alpha value is -1.88. The van der Waals surface area contributed by atoms with Gasteiger partial charge in [0.15, 0.2) is 0 Å². The Kier molecular flexibility index (Phi) is 5.65. The number of methoxy groups -OCH3 is 1. The van der Waals surface area contributed by atoms with Crippen LogP contribution in [0.5, 0.6) is 0 Å². The molecular weight excluding hydrogens is 330 g/mol. The Labute approximate surface area is 146 Å². The molecule has 0 spiro atoms. The topological polar surface area (TPSA) is 72.5 Å². The van der Waals surface area contributed by atoms with Crippen LogP contribution in [0.1, 0.15) is 42.4 Å². The molecule has 0 heterocycles. The van der Waals surface area contributed by atoms with Gasteiger partial charge in [-0.1, -0.05) is 11.6 Å². The molecule has 1 aliphatic rings. The summed E-state index contributed by atoms with van der Waals surface area (Å²) in [4.78, 5) is 36.2. The Morgan fingerprint density at radius 1 is 1.21 bits per heavy atom. The van der Waals surface area contributed by atoms with Gasteiger partial charge in [-0.25, -0.2) is 4.79 Å². The summed E-state index contributed by atoms with van der Waals surface area (Å²) in [6.07, 6.45) is 1.26. The lowest BCUT2D eigenvalue weighted by molar-refractivity contribution is -0.153. The number of carbonyl (C=O) groups is 3. The standard InChI is InChI=1S/C18H22ClNO4/c1-11-8-13(19)9-12(2)15(11)10-16(22)20-18(17(23)24-3)6-4-14(21)5-7-18/h8-9H,4-7,10H2,1-3H3,(H,20,22). The first-order valence-electron chi connectivity index (χ1n) is 7.94. The number of amides is 1. The maximum atomic E-state index is 12.5. The second-order valence-corrected chi connectivity index (χ2v) is 6.79. The van der Waals surface area contributed by atoms with Gasteiger partial charge in [0, 0.05) is 17.9 Å². The quantitative estimate of drug-likeness (QED) is 0.846. The lowest BCUT2D eigenvalue weighted by Gasteiger charge is -2.34. The molecule has 1 aromatic carbocycles. The molecule has 2 rings (SSSR count). The van der Waals surface area contributed by atoms with Crippen LogP contribution in [0.3, 0.4) is 0 Å². The van der Waals surface area contributed by atoms with Crippen molar-refractivity contribution in [3.05, 3.63) is 33.8 Å². The van der Waals surface area contributed by atoms with Crippen LogP contribution in [-0.2, 0) is 25.5 Å². The Bertz CT molecular complexity index is 651. The first-order chi connectivity index (χ1) is 11.3. The number of aryl methyl sites for hydroxylation is 2. The zero-order chi connectivity index (χ0) is 17.9. The van der Waals surface area contributed by atoms with Crippen LogP contribution in [0, 0.1) is 13.8 Å². The molecule has 0 radical (unpaired) electrons. The van der Waals surface area contributed by atoms with Gasteiger partial charge in [-0.05, 0) is 55.5 Å². The highest BCUT2D eigenvalue weighted by molar-refractivity contribution is 6.30. The molecule has 1 aliphatic carbocycles. The Morgan fingerprint density at radius 3 is 2.25 bits per heavy atom. The van der Waals surface area contributed by atoms with E-state index in [1.54, 1.807) is 0 Å². The first-order valence-corrected chi connectivity index (χ1v) is 8.32. The van der Waals surface area contributed by atoms with E-state index in [9.17, 15) is 14.4 Å². The lowest BCUT2D eigenvalue weighted by Crippen LogP contribution is -2.57. The molecule has 0 atom stereocenters. The van der Waals surface area contributed by atoms with Gasteiger partial charge in [-0.2, -0.15) is 0 Å². The number of esters is 1. The number of nitrogens with one attached hydrogen (secondary N) is 1. The SMILES string of the molecule is COC(=O)C1(NC(=O)Cc2c(C)cc(Cl)cc2C)CCC(=O)CC1. The smallest absolute Gasteiger partial charge is 0.331 e. The van der Waals surface area contributed by atoms with Crippen molar-refractivity contribution >= 4 is 29.3 Å². The zero-order valence-electron chi connectivity index (χ0n) is 14.2. The van der Waals surface area contributed by atoms with E-state index >= 15 is 0 Å². The highest BCUT2D eigenvalue weighted by Crippen LogP contribution is 2.28. The van der Waals surface area contributed by atoms with Gasteiger partial charge in [0.2, 0.25) is 5.91 Å². The average molecular weight is 352 g/mol. The third-order valence-electron chi connectivity index (χ3n) is 4.61. The van der Waals surface area contributed by atoms with Crippen LogP contribution >= 0.6 is 11.6 Å². The molecule has 0 bridgehead atoms. The number of ketones is 1. The summed E-state index contributed by atoms with van der Waals surface area (Å²) in [5.41, 5.74) is 1.65. The van der Waals surface area contributed by atoms with Crippen LogP contribution in [0.25, 0.3) is 0 Å². The summed E-state index contributed by atoms with van der Waals surface area (Å²) >= 11 is 6.02. The molecule has 1 fully saturated rings. The highest BCUT2D eigenvalue weighted by Gasteiger charge is 2.43. The minimum Gasteiger partial charge on any atom is -0.467 e. The van der Waals surface area contributed by atoms with Crippen molar-refractivity contribution in [2.24, 2.45) is 0 Å². The van der Waals surface area contributed by atoms with E-state index in [1.165, 1.54) is 7.11 Å². The molecular formula is C18H22ClNO4. The fourth-order valence-corrected chi connectivity index (χ4v) is 3.55. The van der Waals surface area contributed by atoms with Gasteiger partial charge in [-0.15, -0.1) is 0 Å². The lowest BCUT2D eigenvalue weighted by atomic mass is 9.80. The van der Waals surface area contributed by atoms with E-state index in [2.05, 4.69) is 5.32 Å². The van der Waals surface area contributed by atoms with Crippen LogP contribution < -0.4 is 5.32 Å². The third-order valence-corrected chi connectivity index (χ3v) is 4.83. The second kappa shape index (κ2) is 7.34. The summed E-state index contributed by atoms with van der Waals surface area (Å²) in [5, 5.41) is 3.45. The molecule has 0 aromatic heterocycles. The van der Waals surface area contributed by atoms with Crippen molar-refractivity contribution in [3.8, 4) is 0 Å². The Morgan fingerprint density at radius 2 is 1.75 bits per heavy atom. The molecule has 1 amide bonds. The van der Waals surface area contributed by atoms with Crippen LogP contribution in [0.2, 0.25) is 5.02 Å². The minimum absolute atomic E-state index is 0.105. The highest BCUT2D eigenvalue weighted by atomic mass is 35.5. The average Bonchev–Trinajstić information content (AvgIpc) is 2.52. The summed E-state index contributed by atoms with van der Waals surface area (Å²) in [6.45, 7) is 3.80. The van der Waals surface area contributed by atoms with Gasteiger partial charge in [0.25, 0.3) is 0 Å². The van der Waals surface area contributed by atoms with Gasteiger partial charge in [0.05, 0.1) is 13.5 Å². The predicted molar refractivity (Wildman–Crippen MR) is 91.0 cm³/mol. The maximum Gasteiger partial charge on any atom is 0.331 e. The largest absolute Gasteiger partial charge is 0.467 e. The van der Waals surface area contributed by atoms with Crippen molar-refractivity contribution in [3.63, 3.8) is 0 Å². The fourth-order valence-electron chi connectivity index (χ4n) is 3.22. The number of ether oxygens (including phenoxy) is 1. The summed E-state index contributed by atoms with van der Waals surface area (Å²) in [5.74, 6) is -0.649. The van der Waals surface area contributed by atoms with Gasteiger partial charge in [-0.3, -0.25) is 9.59 Å². The number of Topliss-reactive ketones (excluding diaryl/α,β-unsaturated/α-hetero) is 1.